The van der Waals surface area contributed by atoms with Gasteiger partial charge in [0.25, 0.3) is 0 Å². The van der Waals surface area contributed by atoms with Gasteiger partial charge in [-0.1, -0.05) is 5.10 Å². The van der Waals surface area contributed by atoms with Crippen LogP contribution in [0.1, 0.15) is 32.6 Å². The standard InChI is InChI=1S/C14H22N4O5/c1-3-20-11(19)13(10-21-12-15-16-17-18(12)2)4-6-14(7-5-13)22-8-9-23-14/h3-10H2,1-2H3. The molecule has 0 unspecified atom stereocenters. The van der Waals surface area contributed by atoms with E-state index >= 15 is 0 Å². The molecule has 2 aliphatic rings. The average molecular weight is 326 g/mol. The van der Waals surface area contributed by atoms with E-state index < -0.39 is 11.2 Å². The van der Waals surface area contributed by atoms with Crippen LogP contribution in [-0.4, -0.2) is 58.4 Å². The Bertz CT molecular complexity index is 545. The quantitative estimate of drug-likeness (QED) is 0.720. The molecule has 0 bridgehead atoms. The summed E-state index contributed by atoms with van der Waals surface area (Å²) in [5.41, 5.74) is -0.720. The molecular formula is C14H22N4O5. The molecule has 1 saturated carbocycles. The van der Waals surface area contributed by atoms with Crippen LogP contribution in [0, 0.1) is 5.41 Å². The van der Waals surface area contributed by atoms with Gasteiger partial charge < -0.3 is 18.9 Å². The second-order valence-corrected chi connectivity index (χ2v) is 5.98. The minimum atomic E-state index is -0.720. The number of tetrazole rings is 1. The molecule has 1 aliphatic heterocycles. The zero-order valence-corrected chi connectivity index (χ0v) is 13.5. The molecule has 9 nitrogen and oxygen atoms in total. The molecule has 3 rings (SSSR count). The highest BCUT2D eigenvalue weighted by Crippen LogP contribution is 2.45. The summed E-state index contributed by atoms with van der Waals surface area (Å²) in [6.45, 7) is 3.52. The minimum absolute atomic E-state index is 0.177. The molecule has 1 saturated heterocycles. The third kappa shape index (κ3) is 3.16. The van der Waals surface area contributed by atoms with Crippen LogP contribution in [0.15, 0.2) is 0 Å². The van der Waals surface area contributed by atoms with E-state index in [1.54, 1.807) is 14.0 Å². The largest absolute Gasteiger partial charge is 0.465 e. The molecule has 1 aliphatic carbocycles. The van der Waals surface area contributed by atoms with Crippen molar-refractivity contribution in [1.82, 2.24) is 20.2 Å². The lowest BCUT2D eigenvalue weighted by Crippen LogP contribution is -2.47. The van der Waals surface area contributed by atoms with Crippen molar-refractivity contribution in [2.45, 2.75) is 38.4 Å². The molecule has 9 heteroatoms. The number of aryl methyl sites for hydroxylation is 1. The van der Waals surface area contributed by atoms with E-state index in [1.165, 1.54) is 4.68 Å². The molecule has 23 heavy (non-hydrogen) atoms. The third-order valence-electron chi connectivity index (χ3n) is 4.55. The lowest BCUT2D eigenvalue weighted by Gasteiger charge is -2.41. The Morgan fingerprint density at radius 3 is 2.52 bits per heavy atom. The highest BCUT2D eigenvalue weighted by atomic mass is 16.7. The van der Waals surface area contributed by atoms with Gasteiger partial charge in [0.05, 0.1) is 19.8 Å². The maximum atomic E-state index is 12.5. The zero-order chi connectivity index (χ0) is 16.3. The Balaban J connectivity index is 1.70. The molecule has 0 aromatic carbocycles. The number of hydrogen-bond donors (Lipinski definition) is 0. The SMILES string of the molecule is CCOC(=O)C1(COc2nnnn2C)CCC2(CC1)OCCO2. The van der Waals surface area contributed by atoms with E-state index in [2.05, 4.69) is 15.5 Å². The summed E-state index contributed by atoms with van der Waals surface area (Å²) in [6, 6.07) is 0.280. The minimum Gasteiger partial charge on any atom is -0.465 e. The van der Waals surface area contributed by atoms with Crippen molar-refractivity contribution < 1.29 is 23.7 Å². The van der Waals surface area contributed by atoms with Gasteiger partial charge in [-0.15, -0.1) is 0 Å². The maximum Gasteiger partial charge on any atom is 0.335 e. The van der Waals surface area contributed by atoms with Crippen LogP contribution in [0.4, 0.5) is 0 Å². The Labute approximate surface area is 134 Å². The topological polar surface area (TPSA) is 97.6 Å². The second kappa shape index (κ2) is 6.40. The van der Waals surface area contributed by atoms with Gasteiger partial charge in [-0.05, 0) is 30.2 Å². The predicted molar refractivity (Wildman–Crippen MR) is 76.5 cm³/mol. The van der Waals surface area contributed by atoms with Crippen molar-refractivity contribution >= 4 is 5.97 Å². The van der Waals surface area contributed by atoms with Gasteiger partial charge in [-0.2, -0.15) is 4.68 Å². The van der Waals surface area contributed by atoms with Gasteiger partial charge in [0.1, 0.15) is 12.0 Å². The first kappa shape index (κ1) is 16.1. The third-order valence-corrected chi connectivity index (χ3v) is 4.55. The first-order valence-electron chi connectivity index (χ1n) is 7.89. The molecule has 0 N–H and O–H groups in total. The fourth-order valence-corrected chi connectivity index (χ4v) is 3.13. The van der Waals surface area contributed by atoms with Gasteiger partial charge >= 0.3 is 12.0 Å². The number of carbonyl (C=O) groups is 1. The van der Waals surface area contributed by atoms with Crippen LogP contribution in [0.3, 0.4) is 0 Å². The summed E-state index contributed by atoms with van der Waals surface area (Å²) in [6.07, 6.45) is 2.45. The summed E-state index contributed by atoms with van der Waals surface area (Å²) >= 11 is 0. The summed E-state index contributed by atoms with van der Waals surface area (Å²) in [5.74, 6) is -0.787. The second-order valence-electron chi connectivity index (χ2n) is 5.98. The number of ether oxygens (including phenoxy) is 4. The van der Waals surface area contributed by atoms with E-state index in [0.29, 0.717) is 45.5 Å². The fraction of sp³-hybridized carbons (Fsp3) is 0.857. The van der Waals surface area contributed by atoms with Crippen molar-refractivity contribution in [2.75, 3.05) is 26.4 Å². The summed E-state index contributed by atoms with van der Waals surface area (Å²) in [4.78, 5) is 12.5. The molecular weight excluding hydrogens is 304 g/mol. The highest BCUT2D eigenvalue weighted by molar-refractivity contribution is 5.77. The van der Waals surface area contributed by atoms with E-state index in [9.17, 15) is 4.79 Å². The number of carbonyl (C=O) groups excluding carboxylic acids is 1. The highest BCUT2D eigenvalue weighted by Gasteiger charge is 2.51. The number of aromatic nitrogens is 4. The van der Waals surface area contributed by atoms with Crippen LogP contribution >= 0.6 is 0 Å². The van der Waals surface area contributed by atoms with Gasteiger partial charge in [0.15, 0.2) is 5.79 Å². The van der Waals surface area contributed by atoms with Gasteiger partial charge in [-0.25, -0.2) is 0 Å². The first-order chi connectivity index (χ1) is 11.1. The number of nitrogens with zero attached hydrogens (tertiary/aromatic N) is 4. The summed E-state index contributed by atoms with van der Waals surface area (Å²) in [7, 11) is 1.68. The maximum absolute atomic E-state index is 12.5. The number of esters is 1. The van der Waals surface area contributed by atoms with E-state index in [-0.39, 0.29) is 18.6 Å². The van der Waals surface area contributed by atoms with Crippen molar-refractivity contribution in [2.24, 2.45) is 12.5 Å². The van der Waals surface area contributed by atoms with E-state index in [4.69, 9.17) is 18.9 Å². The van der Waals surface area contributed by atoms with E-state index in [1.807, 2.05) is 0 Å². The van der Waals surface area contributed by atoms with Crippen LogP contribution in [0.25, 0.3) is 0 Å². The number of hydrogen-bond acceptors (Lipinski definition) is 8. The molecule has 2 fully saturated rings. The Morgan fingerprint density at radius 1 is 1.26 bits per heavy atom. The van der Waals surface area contributed by atoms with Crippen molar-refractivity contribution in [3.8, 4) is 6.01 Å². The van der Waals surface area contributed by atoms with Crippen molar-refractivity contribution in [1.29, 1.82) is 0 Å². The number of rotatable bonds is 5. The summed E-state index contributed by atoms with van der Waals surface area (Å²) < 4.78 is 23.8. The van der Waals surface area contributed by atoms with Crippen molar-refractivity contribution in [3.05, 3.63) is 0 Å². The molecule has 128 valence electrons. The van der Waals surface area contributed by atoms with Crippen molar-refractivity contribution in [3.63, 3.8) is 0 Å². The van der Waals surface area contributed by atoms with Crippen LogP contribution in [0.5, 0.6) is 6.01 Å². The lowest BCUT2D eigenvalue weighted by molar-refractivity contribution is -0.202. The monoisotopic (exact) mass is 326 g/mol. The van der Waals surface area contributed by atoms with Gasteiger partial charge in [-0.3, -0.25) is 4.79 Å². The Hall–Kier alpha value is -1.74. The molecule has 0 atom stereocenters. The molecule has 1 aromatic heterocycles. The Morgan fingerprint density at radius 2 is 1.96 bits per heavy atom. The van der Waals surface area contributed by atoms with Crippen LogP contribution in [0.2, 0.25) is 0 Å². The van der Waals surface area contributed by atoms with Gasteiger partial charge in [0.2, 0.25) is 0 Å². The molecule has 0 radical (unpaired) electrons. The predicted octanol–water partition coefficient (Wildman–Crippen LogP) is 0.455. The average Bonchev–Trinajstić information content (AvgIpc) is 3.17. The normalized spacial score (nSPS) is 22.2. The van der Waals surface area contributed by atoms with Crippen LogP contribution in [-0.2, 0) is 26.1 Å². The fourth-order valence-electron chi connectivity index (χ4n) is 3.13. The molecule has 0 amide bonds. The molecule has 1 spiro atoms. The molecule has 2 heterocycles. The zero-order valence-electron chi connectivity index (χ0n) is 13.5. The molecule has 1 aromatic rings. The van der Waals surface area contributed by atoms with Gasteiger partial charge in [0, 0.05) is 19.9 Å². The smallest absolute Gasteiger partial charge is 0.335 e. The van der Waals surface area contributed by atoms with E-state index in [0.717, 1.165) is 0 Å². The Kier molecular flexibility index (Phi) is 4.49. The summed E-state index contributed by atoms with van der Waals surface area (Å²) in [5, 5.41) is 11.0. The lowest BCUT2D eigenvalue weighted by atomic mass is 9.72. The first-order valence-corrected chi connectivity index (χ1v) is 7.89. The van der Waals surface area contributed by atoms with Crippen LogP contribution < -0.4 is 4.74 Å².